The Hall–Kier alpha value is -4.39. The Morgan fingerprint density at radius 1 is 1.02 bits per heavy atom. The molecule has 232 valence electrons. The molecule has 0 spiro atoms. The fourth-order valence-corrected chi connectivity index (χ4v) is 6.85. The monoisotopic (exact) mass is 715 g/mol. The van der Waals surface area contributed by atoms with Gasteiger partial charge in [0.25, 0.3) is 0 Å². The summed E-state index contributed by atoms with van der Waals surface area (Å²) < 4.78 is 8.42. The average molecular weight is 717 g/mol. The van der Waals surface area contributed by atoms with Gasteiger partial charge >= 0.3 is 0 Å². The van der Waals surface area contributed by atoms with Gasteiger partial charge in [-0.3, -0.25) is 14.2 Å². The van der Waals surface area contributed by atoms with E-state index in [-0.39, 0.29) is 23.5 Å². The van der Waals surface area contributed by atoms with Crippen molar-refractivity contribution in [3.05, 3.63) is 94.6 Å². The van der Waals surface area contributed by atoms with Gasteiger partial charge in [0.2, 0.25) is 17.6 Å². The van der Waals surface area contributed by atoms with Crippen molar-refractivity contribution in [3.8, 4) is 28.7 Å². The number of aromatic amines is 1. The number of anilines is 1. The summed E-state index contributed by atoms with van der Waals surface area (Å²) in [6.45, 7) is 0.978. The van der Waals surface area contributed by atoms with Crippen LogP contribution in [-0.2, 0) is 9.59 Å². The normalized spacial score (nSPS) is 13.7. The lowest BCUT2D eigenvalue weighted by Gasteiger charge is -2.31. The van der Waals surface area contributed by atoms with Gasteiger partial charge in [0.15, 0.2) is 10.9 Å². The van der Waals surface area contributed by atoms with E-state index in [2.05, 4.69) is 41.4 Å². The molecule has 2 N–H and O–H groups in total. The van der Waals surface area contributed by atoms with Crippen LogP contribution in [0.15, 0.2) is 99.2 Å². The lowest BCUT2D eigenvalue weighted by Crippen LogP contribution is -2.42. The van der Waals surface area contributed by atoms with Crippen LogP contribution in [0.4, 0.5) is 5.69 Å². The van der Waals surface area contributed by atoms with E-state index in [0.29, 0.717) is 59.2 Å². The van der Waals surface area contributed by atoms with Crippen LogP contribution in [0.5, 0.6) is 0 Å². The summed E-state index contributed by atoms with van der Waals surface area (Å²) >= 11 is 11.3. The number of halogens is 2. The summed E-state index contributed by atoms with van der Waals surface area (Å²) in [5.74, 6) is 1.66. The second kappa shape index (κ2) is 13.1. The van der Waals surface area contributed by atoms with Gasteiger partial charge in [-0.25, -0.2) is 4.98 Å². The molecule has 0 radical (unpaired) electrons. The second-order valence-electron chi connectivity index (χ2n) is 10.8. The summed E-state index contributed by atoms with van der Waals surface area (Å²) in [6.07, 6.45) is 2.70. The highest BCUT2D eigenvalue weighted by Crippen LogP contribution is 2.32. The van der Waals surface area contributed by atoms with E-state index in [0.717, 1.165) is 26.8 Å². The fourth-order valence-electron chi connectivity index (χ4n) is 5.47. The summed E-state index contributed by atoms with van der Waals surface area (Å²) in [6, 6.07) is 24.6. The Balaban J connectivity index is 0.968. The number of thioether (sulfide) groups is 1. The molecule has 1 aliphatic rings. The molecule has 7 rings (SSSR count). The van der Waals surface area contributed by atoms with Crippen LogP contribution in [0.3, 0.4) is 0 Å². The maximum atomic E-state index is 13.3. The molecule has 6 aromatic rings. The number of likely N-dealkylation sites (tertiary alicyclic amines) is 1. The van der Waals surface area contributed by atoms with E-state index >= 15 is 0 Å². The molecule has 0 saturated carbocycles. The molecule has 0 aliphatic carbocycles. The van der Waals surface area contributed by atoms with Gasteiger partial charge in [-0.1, -0.05) is 57.5 Å². The number of imidazole rings is 1. The number of nitrogens with one attached hydrogen (secondary N) is 2. The molecular weight excluding hydrogens is 690 g/mol. The van der Waals surface area contributed by atoms with Gasteiger partial charge in [0.1, 0.15) is 5.82 Å². The molecule has 1 aliphatic heterocycles. The largest absolute Gasteiger partial charge is 0.461 e. The molecule has 4 heterocycles. The zero-order chi connectivity index (χ0) is 31.6. The highest BCUT2D eigenvalue weighted by Gasteiger charge is 2.28. The Morgan fingerprint density at radius 2 is 1.85 bits per heavy atom. The van der Waals surface area contributed by atoms with Gasteiger partial charge in [-0.2, -0.15) is 0 Å². The number of hydrogen-bond donors (Lipinski definition) is 2. The second-order valence-corrected chi connectivity index (χ2v) is 13.1. The lowest BCUT2D eigenvalue weighted by molar-refractivity contribution is -0.132. The standard InChI is InChI=1S/C33H27BrClN7O3S/c34-22-9-11-25-27(18-22)37-30(36-25)21-8-10-24(35)26(17-21)38-32(44)20-12-14-41(15-13-20)29(43)19-46-33-40-39-31(28-7-4-16-45-28)42(33)23-5-2-1-3-6-23/h1-11,16-18,20H,12-15,19H2,(H,36,37)(H,38,44). The van der Waals surface area contributed by atoms with Crippen LogP contribution in [0, 0.1) is 5.92 Å². The lowest BCUT2D eigenvalue weighted by atomic mass is 9.95. The number of carbonyl (C=O) groups excluding carboxylic acids is 2. The van der Waals surface area contributed by atoms with Crippen molar-refractivity contribution in [3.63, 3.8) is 0 Å². The molecule has 0 unspecified atom stereocenters. The molecule has 0 bridgehead atoms. The third-order valence-corrected chi connectivity index (χ3v) is 9.61. The summed E-state index contributed by atoms with van der Waals surface area (Å²) in [5, 5.41) is 12.7. The van der Waals surface area contributed by atoms with Gasteiger partial charge in [-0.15, -0.1) is 10.2 Å². The quantitative estimate of drug-likeness (QED) is 0.157. The predicted octanol–water partition coefficient (Wildman–Crippen LogP) is 7.46. The summed E-state index contributed by atoms with van der Waals surface area (Å²) in [4.78, 5) is 36.3. The first-order valence-electron chi connectivity index (χ1n) is 14.6. The number of carbonyl (C=O) groups is 2. The van der Waals surface area contributed by atoms with Crippen molar-refractivity contribution in [2.75, 3.05) is 24.2 Å². The highest BCUT2D eigenvalue weighted by atomic mass is 79.9. The minimum atomic E-state index is -0.239. The number of aromatic nitrogens is 5. The molecule has 1 saturated heterocycles. The van der Waals surface area contributed by atoms with Gasteiger partial charge in [0, 0.05) is 34.7 Å². The SMILES string of the molecule is O=C(Nc1cc(-c2nc3ccc(Br)cc3[nH]2)ccc1Cl)C1CCN(C(=O)CSc2nnc(-c3ccco3)n2-c2ccccc2)CC1. The molecule has 10 nitrogen and oxygen atoms in total. The fraction of sp³-hybridized carbons (Fsp3) is 0.182. The minimum Gasteiger partial charge on any atom is -0.461 e. The summed E-state index contributed by atoms with van der Waals surface area (Å²) in [5.41, 5.74) is 3.95. The van der Waals surface area contributed by atoms with Crippen molar-refractivity contribution >= 4 is 67.8 Å². The first kappa shape index (κ1) is 30.3. The minimum absolute atomic E-state index is 0.0142. The zero-order valence-electron chi connectivity index (χ0n) is 24.3. The van der Waals surface area contributed by atoms with Crippen LogP contribution >= 0.6 is 39.3 Å². The Bertz CT molecular complexity index is 2020. The number of para-hydroxylation sites is 1. The Morgan fingerprint density at radius 3 is 2.63 bits per heavy atom. The molecule has 0 atom stereocenters. The molecule has 3 aromatic heterocycles. The van der Waals surface area contributed by atoms with Gasteiger partial charge < -0.3 is 19.6 Å². The van der Waals surface area contributed by atoms with Crippen molar-refractivity contribution in [2.45, 2.75) is 18.0 Å². The number of nitrogens with zero attached hydrogens (tertiary/aromatic N) is 5. The van der Waals surface area contributed by atoms with Crippen LogP contribution in [-0.4, -0.2) is 60.3 Å². The molecule has 3 aromatic carbocycles. The number of rotatable bonds is 8. The predicted molar refractivity (Wildman–Crippen MR) is 182 cm³/mol. The van der Waals surface area contributed by atoms with E-state index in [4.69, 9.17) is 16.0 Å². The molecule has 2 amide bonds. The molecule has 1 fully saturated rings. The van der Waals surface area contributed by atoms with Crippen molar-refractivity contribution in [1.29, 1.82) is 0 Å². The smallest absolute Gasteiger partial charge is 0.233 e. The van der Waals surface area contributed by atoms with Crippen molar-refractivity contribution in [1.82, 2.24) is 29.6 Å². The van der Waals surface area contributed by atoms with E-state index in [1.165, 1.54) is 11.8 Å². The maximum Gasteiger partial charge on any atom is 0.233 e. The van der Waals surface area contributed by atoms with Crippen molar-refractivity contribution < 1.29 is 14.0 Å². The average Bonchev–Trinajstić information content (AvgIpc) is 3.85. The third kappa shape index (κ3) is 6.33. The van der Waals surface area contributed by atoms with Gasteiger partial charge in [-0.05, 0) is 73.5 Å². The number of fused-ring (bicyclic) bond motifs is 1. The third-order valence-electron chi connectivity index (χ3n) is 7.87. The van der Waals surface area contributed by atoms with E-state index in [1.807, 2.05) is 71.3 Å². The van der Waals surface area contributed by atoms with E-state index < -0.39 is 0 Å². The van der Waals surface area contributed by atoms with Crippen LogP contribution in [0.25, 0.3) is 39.7 Å². The van der Waals surface area contributed by atoms with Crippen molar-refractivity contribution in [2.24, 2.45) is 5.92 Å². The molecule has 46 heavy (non-hydrogen) atoms. The first-order chi connectivity index (χ1) is 22.4. The zero-order valence-corrected chi connectivity index (χ0v) is 27.5. The molecular formula is C33H27BrClN7O3S. The Labute approximate surface area is 281 Å². The number of amides is 2. The number of piperidine rings is 1. The first-order valence-corrected chi connectivity index (χ1v) is 16.8. The Kier molecular flexibility index (Phi) is 8.65. The topological polar surface area (TPSA) is 122 Å². The maximum absolute atomic E-state index is 13.3. The molecule has 13 heteroatoms. The number of hydrogen-bond acceptors (Lipinski definition) is 7. The highest BCUT2D eigenvalue weighted by molar-refractivity contribution is 9.10. The van der Waals surface area contributed by atoms with E-state index in [9.17, 15) is 9.59 Å². The van der Waals surface area contributed by atoms with Crippen LogP contribution in [0.2, 0.25) is 5.02 Å². The van der Waals surface area contributed by atoms with Gasteiger partial charge in [0.05, 0.1) is 33.8 Å². The number of benzene rings is 3. The van der Waals surface area contributed by atoms with Crippen LogP contribution in [0.1, 0.15) is 12.8 Å². The number of H-pyrrole nitrogens is 1. The van der Waals surface area contributed by atoms with E-state index in [1.54, 1.807) is 23.3 Å². The number of furan rings is 1. The van der Waals surface area contributed by atoms with Crippen LogP contribution < -0.4 is 5.32 Å². The summed E-state index contributed by atoms with van der Waals surface area (Å²) in [7, 11) is 0.